The number of hydrogen-bond donors (Lipinski definition) is 0. The zero-order chi connectivity index (χ0) is 9.84. The molecule has 1 aromatic rings. The predicted molar refractivity (Wildman–Crippen MR) is 61.9 cm³/mol. The molecule has 0 atom stereocenters. The van der Waals surface area contributed by atoms with Crippen molar-refractivity contribution < 1.29 is 0 Å². The van der Waals surface area contributed by atoms with E-state index in [-0.39, 0.29) is 0 Å². The topological polar surface area (TPSA) is 12.4 Å². The molecule has 13 heavy (non-hydrogen) atoms. The van der Waals surface area contributed by atoms with Crippen molar-refractivity contribution >= 4 is 16.8 Å². The number of hydrogen-bond acceptors (Lipinski definition) is 2. The largest absolute Gasteiger partial charge is 0.281 e. The molecule has 0 aromatic heterocycles. The van der Waals surface area contributed by atoms with E-state index in [2.05, 4.69) is 43.3 Å². The minimum atomic E-state index is 1.11. The molecule has 1 rings (SSSR count). The van der Waals surface area contributed by atoms with Crippen LogP contribution in [0.5, 0.6) is 0 Å². The number of benzene rings is 1. The monoisotopic (exact) mass is 193 g/mol. The number of rotatable bonds is 1. The summed E-state index contributed by atoms with van der Waals surface area (Å²) in [6.07, 6.45) is 2.06. The molecule has 0 bridgehead atoms. The molecule has 0 heterocycles. The normalized spacial score (nSPS) is 11.8. The first-order valence-corrected chi connectivity index (χ1v) is 5.50. The fourth-order valence-corrected chi connectivity index (χ4v) is 1.91. The highest BCUT2D eigenvalue weighted by Gasteiger charge is 2.04. The van der Waals surface area contributed by atoms with E-state index in [0.717, 1.165) is 5.04 Å². The van der Waals surface area contributed by atoms with Gasteiger partial charge in [-0.25, -0.2) is 0 Å². The molecule has 0 aliphatic carbocycles. The Labute approximate surface area is 84.3 Å². The van der Waals surface area contributed by atoms with Crippen LogP contribution in [0.3, 0.4) is 0 Å². The summed E-state index contributed by atoms with van der Waals surface area (Å²) in [7, 11) is 1.84. The van der Waals surface area contributed by atoms with Crippen LogP contribution >= 0.6 is 11.8 Å². The van der Waals surface area contributed by atoms with Crippen LogP contribution in [0.25, 0.3) is 0 Å². The lowest BCUT2D eigenvalue weighted by Crippen LogP contribution is -1.98. The second kappa shape index (κ2) is 4.47. The van der Waals surface area contributed by atoms with Gasteiger partial charge in [0.05, 0.1) is 5.04 Å². The summed E-state index contributed by atoms with van der Waals surface area (Å²) in [5.74, 6) is 0. The Morgan fingerprint density at radius 1 is 1.31 bits per heavy atom. The van der Waals surface area contributed by atoms with Crippen molar-refractivity contribution in [2.75, 3.05) is 13.3 Å². The van der Waals surface area contributed by atoms with Crippen LogP contribution in [0, 0.1) is 13.8 Å². The summed E-state index contributed by atoms with van der Waals surface area (Å²) in [5.41, 5.74) is 3.84. The van der Waals surface area contributed by atoms with Crippen LogP contribution in [0.4, 0.5) is 0 Å². The van der Waals surface area contributed by atoms with E-state index in [1.165, 1.54) is 16.7 Å². The van der Waals surface area contributed by atoms with E-state index in [1.807, 2.05) is 7.05 Å². The fraction of sp³-hybridized carbons (Fsp3) is 0.364. The average Bonchev–Trinajstić information content (AvgIpc) is 2.13. The molecule has 0 fully saturated rings. The van der Waals surface area contributed by atoms with Gasteiger partial charge in [-0.3, -0.25) is 4.99 Å². The smallest absolute Gasteiger partial charge is 0.0973 e. The first-order valence-electron chi connectivity index (χ1n) is 4.27. The van der Waals surface area contributed by atoms with Crippen molar-refractivity contribution in [3.8, 4) is 0 Å². The van der Waals surface area contributed by atoms with E-state index in [0.29, 0.717) is 0 Å². The van der Waals surface area contributed by atoms with Gasteiger partial charge in [0.2, 0.25) is 0 Å². The van der Waals surface area contributed by atoms with Gasteiger partial charge < -0.3 is 0 Å². The number of aryl methyl sites for hydroxylation is 2. The highest BCUT2D eigenvalue weighted by Crippen LogP contribution is 2.16. The lowest BCUT2D eigenvalue weighted by Gasteiger charge is -2.07. The quantitative estimate of drug-likeness (QED) is 0.493. The minimum Gasteiger partial charge on any atom is -0.281 e. The first kappa shape index (κ1) is 10.3. The molecule has 0 radical (unpaired) electrons. The lowest BCUT2D eigenvalue weighted by molar-refractivity contribution is 1.36. The second-order valence-electron chi connectivity index (χ2n) is 3.05. The maximum atomic E-state index is 4.26. The Morgan fingerprint density at radius 2 is 2.00 bits per heavy atom. The van der Waals surface area contributed by atoms with Crippen LogP contribution in [0.15, 0.2) is 23.2 Å². The van der Waals surface area contributed by atoms with Crippen LogP contribution in [0.1, 0.15) is 16.7 Å². The van der Waals surface area contributed by atoms with Gasteiger partial charge >= 0.3 is 0 Å². The average molecular weight is 193 g/mol. The van der Waals surface area contributed by atoms with Crippen LogP contribution < -0.4 is 0 Å². The van der Waals surface area contributed by atoms with E-state index in [4.69, 9.17) is 0 Å². The van der Waals surface area contributed by atoms with Gasteiger partial charge in [0.1, 0.15) is 0 Å². The summed E-state index contributed by atoms with van der Waals surface area (Å²) in [4.78, 5) is 4.26. The number of nitrogens with zero attached hydrogens (tertiary/aromatic N) is 1. The molecule has 1 nitrogen and oxygen atoms in total. The Balaban J connectivity index is 3.19. The first-order chi connectivity index (χ1) is 6.19. The van der Waals surface area contributed by atoms with E-state index >= 15 is 0 Å². The molecule has 0 unspecified atom stereocenters. The van der Waals surface area contributed by atoms with Crippen molar-refractivity contribution in [1.29, 1.82) is 0 Å². The summed E-state index contributed by atoms with van der Waals surface area (Å²) in [6.45, 7) is 4.23. The lowest BCUT2D eigenvalue weighted by atomic mass is 10.1. The Kier molecular flexibility index (Phi) is 3.55. The number of thioether (sulfide) groups is 1. The third-order valence-corrected chi connectivity index (χ3v) is 2.81. The Hall–Kier alpha value is -0.760. The van der Waals surface area contributed by atoms with Gasteiger partial charge in [-0.2, -0.15) is 0 Å². The predicted octanol–water partition coefficient (Wildman–Crippen LogP) is 3.04. The second-order valence-corrected chi connectivity index (χ2v) is 3.85. The molecular formula is C11H15NS. The van der Waals surface area contributed by atoms with Crippen LogP contribution in [0.2, 0.25) is 0 Å². The summed E-state index contributed by atoms with van der Waals surface area (Å²) < 4.78 is 0. The summed E-state index contributed by atoms with van der Waals surface area (Å²) in [5, 5.41) is 1.11. The summed E-state index contributed by atoms with van der Waals surface area (Å²) in [6, 6.07) is 6.46. The molecular weight excluding hydrogens is 178 g/mol. The molecule has 0 aliphatic heterocycles. The Morgan fingerprint density at radius 3 is 2.54 bits per heavy atom. The van der Waals surface area contributed by atoms with Gasteiger partial charge in [-0.15, -0.1) is 11.8 Å². The minimum absolute atomic E-state index is 1.11. The van der Waals surface area contributed by atoms with Crippen molar-refractivity contribution in [2.45, 2.75) is 13.8 Å². The van der Waals surface area contributed by atoms with Crippen LogP contribution in [-0.2, 0) is 0 Å². The van der Waals surface area contributed by atoms with E-state index < -0.39 is 0 Å². The van der Waals surface area contributed by atoms with Crippen molar-refractivity contribution in [3.05, 3.63) is 34.9 Å². The number of aliphatic imine (C=N–C) groups is 1. The molecule has 0 amide bonds. The van der Waals surface area contributed by atoms with Gasteiger partial charge in [0.15, 0.2) is 0 Å². The van der Waals surface area contributed by atoms with E-state index in [9.17, 15) is 0 Å². The van der Waals surface area contributed by atoms with Crippen LogP contribution in [-0.4, -0.2) is 18.3 Å². The van der Waals surface area contributed by atoms with Gasteiger partial charge in [0.25, 0.3) is 0 Å². The van der Waals surface area contributed by atoms with Crippen molar-refractivity contribution in [2.24, 2.45) is 4.99 Å². The fourth-order valence-electron chi connectivity index (χ4n) is 1.29. The molecule has 0 saturated carbocycles. The van der Waals surface area contributed by atoms with Crippen molar-refractivity contribution in [3.63, 3.8) is 0 Å². The Bertz CT molecular complexity index is 329. The molecule has 0 N–H and O–H groups in total. The zero-order valence-corrected chi connectivity index (χ0v) is 9.40. The third-order valence-electron chi connectivity index (χ3n) is 2.02. The standard InChI is InChI=1S/C11H15NS/c1-8-5-6-9(2)10(7-8)11(12-3)13-4/h5-7H,1-4H3. The van der Waals surface area contributed by atoms with Crippen molar-refractivity contribution in [1.82, 2.24) is 0 Å². The molecule has 1 aromatic carbocycles. The molecule has 2 heteroatoms. The molecule has 70 valence electrons. The molecule has 0 spiro atoms. The SMILES string of the molecule is CN=C(SC)c1cc(C)ccc1C. The van der Waals surface area contributed by atoms with Gasteiger partial charge in [-0.05, 0) is 31.7 Å². The maximum Gasteiger partial charge on any atom is 0.0973 e. The molecule has 0 aliphatic rings. The van der Waals surface area contributed by atoms with Gasteiger partial charge in [-0.1, -0.05) is 17.7 Å². The van der Waals surface area contributed by atoms with Gasteiger partial charge in [0, 0.05) is 12.6 Å². The zero-order valence-electron chi connectivity index (χ0n) is 8.59. The maximum absolute atomic E-state index is 4.26. The summed E-state index contributed by atoms with van der Waals surface area (Å²) >= 11 is 1.70. The molecule has 0 saturated heterocycles. The van der Waals surface area contributed by atoms with E-state index in [1.54, 1.807) is 11.8 Å². The highest BCUT2D eigenvalue weighted by molar-refractivity contribution is 8.13. The highest BCUT2D eigenvalue weighted by atomic mass is 32.2. The third kappa shape index (κ3) is 2.34.